The number of benzene rings is 1. The van der Waals surface area contributed by atoms with E-state index in [0.29, 0.717) is 13.0 Å². The van der Waals surface area contributed by atoms with Crippen LogP contribution >= 0.6 is 0 Å². The first-order chi connectivity index (χ1) is 9.44. The van der Waals surface area contributed by atoms with Gasteiger partial charge in [-0.3, -0.25) is 4.57 Å². The van der Waals surface area contributed by atoms with E-state index in [4.69, 9.17) is 0 Å². The molecule has 0 radical (unpaired) electrons. The van der Waals surface area contributed by atoms with Gasteiger partial charge in [0, 0.05) is 6.54 Å². The standard InChI is InChI=1S/C14H18N2O3S/c1-10-4-5-13-12(7-10)15-14(17)16(13)8-11-3-2-6-20(18,19)9-11/h4-5,7,11H,2-3,6,8-9H2,1H3,(H,15,17). The van der Waals surface area contributed by atoms with Crippen LogP contribution in [0, 0.1) is 12.8 Å². The highest BCUT2D eigenvalue weighted by atomic mass is 32.2. The van der Waals surface area contributed by atoms with Crippen LogP contribution in [0.2, 0.25) is 0 Å². The van der Waals surface area contributed by atoms with Crippen molar-refractivity contribution in [2.24, 2.45) is 5.92 Å². The number of H-pyrrole nitrogens is 1. The minimum Gasteiger partial charge on any atom is -0.306 e. The lowest BCUT2D eigenvalue weighted by atomic mass is 10.1. The molecule has 6 heteroatoms. The van der Waals surface area contributed by atoms with E-state index in [-0.39, 0.29) is 23.1 Å². The van der Waals surface area contributed by atoms with Crippen LogP contribution in [0.15, 0.2) is 23.0 Å². The highest BCUT2D eigenvalue weighted by molar-refractivity contribution is 7.91. The topological polar surface area (TPSA) is 71.9 Å². The van der Waals surface area contributed by atoms with Gasteiger partial charge in [0.25, 0.3) is 0 Å². The number of fused-ring (bicyclic) bond motifs is 1. The summed E-state index contributed by atoms with van der Waals surface area (Å²) in [4.78, 5) is 14.9. The number of nitrogens with zero attached hydrogens (tertiary/aromatic N) is 1. The molecule has 2 aromatic rings. The molecule has 0 saturated carbocycles. The Morgan fingerprint density at radius 1 is 1.40 bits per heavy atom. The quantitative estimate of drug-likeness (QED) is 0.911. The molecule has 108 valence electrons. The fourth-order valence-corrected chi connectivity index (χ4v) is 4.74. The monoisotopic (exact) mass is 294 g/mol. The molecule has 1 unspecified atom stereocenters. The number of sulfone groups is 1. The van der Waals surface area contributed by atoms with Crippen molar-refractivity contribution in [1.29, 1.82) is 0 Å². The van der Waals surface area contributed by atoms with E-state index in [9.17, 15) is 13.2 Å². The van der Waals surface area contributed by atoms with Crippen LogP contribution in [0.1, 0.15) is 18.4 Å². The van der Waals surface area contributed by atoms with E-state index in [1.165, 1.54) is 0 Å². The Hall–Kier alpha value is -1.56. The van der Waals surface area contributed by atoms with Crippen molar-refractivity contribution in [3.8, 4) is 0 Å². The van der Waals surface area contributed by atoms with E-state index in [2.05, 4.69) is 4.98 Å². The summed E-state index contributed by atoms with van der Waals surface area (Å²) in [6.07, 6.45) is 1.56. The molecule has 3 rings (SSSR count). The predicted molar refractivity (Wildman–Crippen MR) is 78.7 cm³/mol. The highest BCUT2D eigenvalue weighted by Gasteiger charge is 2.25. The highest BCUT2D eigenvalue weighted by Crippen LogP contribution is 2.21. The number of hydrogen-bond donors (Lipinski definition) is 1. The van der Waals surface area contributed by atoms with Crippen LogP contribution in [0.3, 0.4) is 0 Å². The maximum absolute atomic E-state index is 12.0. The Labute approximate surface area is 117 Å². The van der Waals surface area contributed by atoms with Crippen LogP contribution in [0.4, 0.5) is 0 Å². The maximum atomic E-state index is 12.0. The van der Waals surface area contributed by atoms with Gasteiger partial charge in [-0.1, -0.05) is 6.07 Å². The zero-order chi connectivity index (χ0) is 14.3. The molecule has 5 nitrogen and oxygen atoms in total. The summed E-state index contributed by atoms with van der Waals surface area (Å²) in [5.41, 5.74) is 2.59. The maximum Gasteiger partial charge on any atom is 0.326 e. The number of hydrogen-bond acceptors (Lipinski definition) is 3. The number of nitrogens with one attached hydrogen (secondary N) is 1. The first-order valence-electron chi connectivity index (χ1n) is 6.84. The van der Waals surface area contributed by atoms with E-state index in [1.54, 1.807) is 4.57 Å². The SMILES string of the molecule is Cc1ccc2c(c1)[nH]c(=O)n2CC1CCCS(=O)(=O)C1. The molecule has 2 heterocycles. The lowest BCUT2D eigenvalue weighted by Gasteiger charge is -2.22. The second-order valence-corrected chi connectivity index (χ2v) is 7.91. The van der Waals surface area contributed by atoms with Gasteiger partial charge >= 0.3 is 5.69 Å². The molecule has 1 N–H and O–H groups in total. The van der Waals surface area contributed by atoms with Gasteiger partial charge in [0.1, 0.15) is 0 Å². The average Bonchev–Trinajstić information content (AvgIpc) is 2.64. The molecule has 0 amide bonds. The Morgan fingerprint density at radius 3 is 2.95 bits per heavy atom. The summed E-state index contributed by atoms with van der Waals surface area (Å²) in [6, 6.07) is 5.81. The van der Waals surface area contributed by atoms with Crippen LogP contribution in [-0.4, -0.2) is 29.5 Å². The van der Waals surface area contributed by atoms with Crippen molar-refractivity contribution >= 4 is 20.9 Å². The van der Waals surface area contributed by atoms with Crippen LogP contribution in [-0.2, 0) is 16.4 Å². The smallest absolute Gasteiger partial charge is 0.306 e. The molecule has 1 saturated heterocycles. The van der Waals surface area contributed by atoms with Crippen LogP contribution < -0.4 is 5.69 Å². The van der Waals surface area contributed by atoms with Crippen molar-refractivity contribution in [1.82, 2.24) is 9.55 Å². The Balaban J connectivity index is 1.95. The van der Waals surface area contributed by atoms with E-state index in [1.807, 2.05) is 25.1 Å². The van der Waals surface area contributed by atoms with Crippen LogP contribution in [0.25, 0.3) is 11.0 Å². The molecule has 1 aliphatic rings. The van der Waals surface area contributed by atoms with Gasteiger partial charge in [-0.15, -0.1) is 0 Å². The number of imidazole rings is 1. The van der Waals surface area contributed by atoms with Gasteiger partial charge in [-0.05, 0) is 43.4 Å². The summed E-state index contributed by atoms with van der Waals surface area (Å²) in [5.74, 6) is 0.510. The molecule has 1 atom stereocenters. The van der Waals surface area contributed by atoms with Crippen molar-refractivity contribution in [2.75, 3.05) is 11.5 Å². The fourth-order valence-electron chi connectivity index (χ4n) is 2.98. The summed E-state index contributed by atoms with van der Waals surface area (Å²) in [7, 11) is -2.93. The van der Waals surface area contributed by atoms with Crippen molar-refractivity contribution < 1.29 is 8.42 Å². The average molecular weight is 294 g/mol. The Morgan fingerprint density at radius 2 is 2.20 bits per heavy atom. The molecule has 0 aliphatic carbocycles. The first-order valence-corrected chi connectivity index (χ1v) is 8.66. The third-order valence-electron chi connectivity index (χ3n) is 3.93. The normalized spacial score (nSPS) is 22.1. The molecule has 1 aromatic carbocycles. The molecular weight excluding hydrogens is 276 g/mol. The minimum atomic E-state index is -2.93. The van der Waals surface area contributed by atoms with E-state index >= 15 is 0 Å². The summed E-state index contributed by atoms with van der Waals surface area (Å²) in [6.45, 7) is 2.45. The third kappa shape index (κ3) is 2.52. The number of aryl methyl sites for hydroxylation is 1. The second kappa shape index (κ2) is 4.77. The summed E-state index contributed by atoms with van der Waals surface area (Å²) < 4.78 is 25.0. The Kier molecular flexibility index (Phi) is 3.20. The van der Waals surface area contributed by atoms with Crippen LogP contribution in [0.5, 0.6) is 0 Å². The molecule has 1 aromatic heterocycles. The Bertz CT molecular complexity index is 801. The van der Waals surface area contributed by atoms with E-state index < -0.39 is 9.84 Å². The van der Waals surface area contributed by atoms with Gasteiger partial charge < -0.3 is 4.98 Å². The molecule has 1 aliphatic heterocycles. The van der Waals surface area contributed by atoms with Gasteiger partial charge in [0.2, 0.25) is 0 Å². The molecule has 20 heavy (non-hydrogen) atoms. The zero-order valence-electron chi connectivity index (χ0n) is 11.4. The van der Waals surface area contributed by atoms with Gasteiger partial charge in [-0.2, -0.15) is 0 Å². The predicted octanol–water partition coefficient (Wildman–Crippen LogP) is 1.46. The van der Waals surface area contributed by atoms with Gasteiger partial charge in [-0.25, -0.2) is 13.2 Å². The second-order valence-electron chi connectivity index (χ2n) is 5.68. The molecule has 1 fully saturated rings. The summed E-state index contributed by atoms with van der Waals surface area (Å²) in [5, 5.41) is 0. The molecular formula is C14H18N2O3S. The van der Waals surface area contributed by atoms with Gasteiger partial charge in [0.15, 0.2) is 9.84 Å². The largest absolute Gasteiger partial charge is 0.326 e. The molecule has 0 bridgehead atoms. The molecule has 0 spiro atoms. The number of rotatable bonds is 2. The zero-order valence-corrected chi connectivity index (χ0v) is 12.2. The minimum absolute atomic E-state index is 0.0340. The van der Waals surface area contributed by atoms with E-state index in [0.717, 1.165) is 23.0 Å². The van der Waals surface area contributed by atoms with Gasteiger partial charge in [0.05, 0.1) is 22.5 Å². The first kappa shape index (κ1) is 13.4. The fraction of sp³-hybridized carbons (Fsp3) is 0.500. The summed E-state index contributed by atoms with van der Waals surface area (Å²) >= 11 is 0. The number of aromatic nitrogens is 2. The third-order valence-corrected chi connectivity index (χ3v) is 5.82. The van der Waals surface area contributed by atoms with Crippen molar-refractivity contribution in [2.45, 2.75) is 26.3 Å². The lowest BCUT2D eigenvalue weighted by Crippen LogP contribution is -2.30. The number of aromatic amines is 1. The van der Waals surface area contributed by atoms with Crippen molar-refractivity contribution in [3.63, 3.8) is 0 Å². The lowest BCUT2D eigenvalue weighted by molar-refractivity contribution is 0.427. The van der Waals surface area contributed by atoms with Crippen molar-refractivity contribution in [3.05, 3.63) is 34.2 Å².